The zero-order valence-corrected chi connectivity index (χ0v) is 17.8. The van der Waals surface area contributed by atoms with E-state index < -0.39 is 34.0 Å². The molecule has 0 spiro atoms. The molecule has 1 aliphatic heterocycles. The van der Waals surface area contributed by atoms with E-state index >= 15 is 0 Å². The molecule has 0 saturated heterocycles. The van der Waals surface area contributed by atoms with Crippen LogP contribution >= 0.6 is 0 Å². The number of fused-ring (bicyclic) bond motifs is 2. The van der Waals surface area contributed by atoms with Gasteiger partial charge in [0.2, 0.25) is 11.6 Å². The van der Waals surface area contributed by atoms with E-state index in [1.54, 1.807) is 24.3 Å². The number of nitrogens with zero attached hydrogens (tertiary/aromatic N) is 1. The molecular formula is C27H13NO7. The van der Waals surface area contributed by atoms with Gasteiger partial charge in [0, 0.05) is 40.3 Å². The first-order valence-electron chi connectivity index (χ1n) is 10.7. The van der Waals surface area contributed by atoms with Crippen LogP contribution in [-0.4, -0.2) is 28.1 Å². The number of hydrogen-bond donors (Lipinski definition) is 0. The van der Waals surface area contributed by atoms with Crippen molar-refractivity contribution in [1.29, 1.82) is 0 Å². The van der Waals surface area contributed by atoms with Gasteiger partial charge in [-0.05, 0) is 5.56 Å². The maximum atomic E-state index is 13.7. The van der Waals surface area contributed by atoms with Crippen molar-refractivity contribution in [2.45, 2.75) is 5.92 Å². The monoisotopic (exact) mass is 463 g/mol. The van der Waals surface area contributed by atoms with Crippen LogP contribution in [-0.2, 0) is 4.74 Å². The number of carbonyl (C=O) groups excluding carboxylic acids is 4. The van der Waals surface area contributed by atoms with Crippen LogP contribution in [0.25, 0.3) is 0 Å². The topological polar surface area (TPSA) is 121 Å². The minimum atomic E-state index is -1.21. The molecule has 0 saturated carbocycles. The summed E-state index contributed by atoms with van der Waals surface area (Å²) < 4.78 is 5.79. The van der Waals surface area contributed by atoms with E-state index in [-0.39, 0.29) is 56.2 Å². The van der Waals surface area contributed by atoms with Crippen LogP contribution in [0.15, 0.2) is 95.5 Å². The maximum Gasteiger partial charge on any atom is 0.269 e. The van der Waals surface area contributed by atoms with Crippen LogP contribution in [0.2, 0.25) is 0 Å². The highest BCUT2D eigenvalue weighted by atomic mass is 16.6. The molecule has 6 rings (SSSR count). The molecule has 35 heavy (non-hydrogen) atoms. The van der Waals surface area contributed by atoms with Gasteiger partial charge in [0.05, 0.1) is 16.1 Å². The number of nitro benzene ring substituents is 1. The molecule has 8 heteroatoms. The summed E-state index contributed by atoms with van der Waals surface area (Å²) in [4.78, 5) is 65.0. The van der Waals surface area contributed by atoms with Gasteiger partial charge >= 0.3 is 0 Å². The number of ether oxygens (including phenoxy) is 1. The van der Waals surface area contributed by atoms with Crippen LogP contribution in [0.3, 0.4) is 0 Å². The van der Waals surface area contributed by atoms with Crippen molar-refractivity contribution < 1.29 is 28.8 Å². The summed E-state index contributed by atoms with van der Waals surface area (Å²) in [6.45, 7) is 0. The molecule has 8 nitrogen and oxygen atoms in total. The second-order valence-corrected chi connectivity index (χ2v) is 8.28. The molecule has 0 amide bonds. The van der Waals surface area contributed by atoms with Gasteiger partial charge < -0.3 is 4.74 Å². The molecule has 0 radical (unpaired) electrons. The third kappa shape index (κ3) is 2.80. The average molecular weight is 463 g/mol. The third-order valence-electron chi connectivity index (χ3n) is 6.42. The minimum Gasteiger partial charge on any atom is -0.448 e. The van der Waals surface area contributed by atoms with Gasteiger partial charge in [-0.25, -0.2) is 0 Å². The Hall–Kier alpha value is -4.98. The Kier molecular flexibility index (Phi) is 4.28. The molecule has 3 aliphatic rings. The number of ketones is 4. The molecule has 2 aliphatic carbocycles. The molecular weight excluding hydrogens is 450 g/mol. The van der Waals surface area contributed by atoms with Gasteiger partial charge in [-0.2, -0.15) is 0 Å². The van der Waals surface area contributed by atoms with E-state index in [2.05, 4.69) is 0 Å². The third-order valence-corrected chi connectivity index (χ3v) is 6.42. The highest BCUT2D eigenvalue weighted by molar-refractivity contribution is 6.32. The van der Waals surface area contributed by atoms with E-state index in [9.17, 15) is 29.3 Å². The molecule has 1 heterocycles. The predicted octanol–water partition coefficient (Wildman–Crippen LogP) is 4.38. The number of carbonyl (C=O) groups is 4. The smallest absolute Gasteiger partial charge is 0.269 e. The maximum absolute atomic E-state index is 13.7. The Bertz CT molecular complexity index is 1530. The van der Waals surface area contributed by atoms with Crippen molar-refractivity contribution in [3.63, 3.8) is 0 Å². The van der Waals surface area contributed by atoms with Crippen molar-refractivity contribution in [3.05, 3.63) is 133 Å². The van der Waals surface area contributed by atoms with Gasteiger partial charge in [0.1, 0.15) is 0 Å². The van der Waals surface area contributed by atoms with E-state index in [1.807, 2.05) is 0 Å². The Morgan fingerprint density at radius 2 is 1.09 bits per heavy atom. The van der Waals surface area contributed by atoms with Gasteiger partial charge in [-0.1, -0.05) is 60.7 Å². The second kappa shape index (κ2) is 7.26. The lowest BCUT2D eigenvalue weighted by molar-refractivity contribution is -0.384. The van der Waals surface area contributed by atoms with Crippen LogP contribution in [0, 0.1) is 10.1 Å². The van der Waals surface area contributed by atoms with Crippen LogP contribution in [0.5, 0.6) is 0 Å². The highest BCUT2D eigenvalue weighted by Crippen LogP contribution is 2.48. The number of nitro groups is 1. The lowest BCUT2D eigenvalue weighted by atomic mass is 9.70. The Morgan fingerprint density at radius 3 is 1.54 bits per heavy atom. The van der Waals surface area contributed by atoms with Crippen LogP contribution in [0.4, 0.5) is 5.69 Å². The summed E-state index contributed by atoms with van der Waals surface area (Å²) in [6, 6.07) is 17.9. The Morgan fingerprint density at radius 1 is 0.629 bits per heavy atom. The molecule has 3 aromatic rings. The SMILES string of the molecule is O=C1C2=C(C(=O)c3ccccc31)C(c1cccc([N+](=O)[O-])c1)C1=C(O2)C(=O)c2ccccc2C1=O. The van der Waals surface area contributed by atoms with Crippen molar-refractivity contribution in [3.8, 4) is 0 Å². The molecule has 0 unspecified atom stereocenters. The molecule has 168 valence electrons. The molecule has 3 aromatic carbocycles. The molecule has 0 atom stereocenters. The summed E-state index contributed by atoms with van der Waals surface area (Å²) in [5.74, 6) is -4.18. The first-order valence-corrected chi connectivity index (χ1v) is 10.7. The molecule has 0 bridgehead atoms. The Labute approximate surface area is 197 Å². The second-order valence-electron chi connectivity index (χ2n) is 8.28. The average Bonchev–Trinajstić information content (AvgIpc) is 2.89. The molecule has 0 N–H and O–H groups in total. The van der Waals surface area contributed by atoms with Crippen LogP contribution in [0.1, 0.15) is 52.9 Å². The van der Waals surface area contributed by atoms with E-state index in [0.717, 1.165) is 0 Å². The van der Waals surface area contributed by atoms with Gasteiger partial charge in [-0.15, -0.1) is 0 Å². The van der Waals surface area contributed by atoms with Crippen LogP contribution < -0.4 is 0 Å². The minimum absolute atomic E-state index is 0.117. The lowest BCUT2D eigenvalue weighted by Gasteiger charge is -2.35. The van der Waals surface area contributed by atoms with Crippen molar-refractivity contribution in [2.75, 3.05) is 0 Å². The van der Waals surface area contributed by atoms with E-state index in [0.29, 0.717) is 0 Å². The normalized spacial score (nSPS) is 16.9. The summed E-state index contributed by atoms with van der Waals surface area (Å²) in [6.07, 6.45) is 0. The highest BCUT2D eigenvalue weighted by Gasteiger charge is 2.49. The number of rotatable bonds is 2. The van der Waals surface area contributed by atoms with Gasteiger partial charge in [0.25, 0.3) is 5.69 Å². The number of non-ortho nitro benzene ring substituents is 1. The summed E-state index contributed by atoms with van der Waals surface area (Å²) in [5.41, 5.74) is 0.235. The van der Waals surface area contributed by atoms with Gasteiger partial charge in [0.15, 0.2) is 23.1 Å². The summed E-state index contributed by atoms with van der Waals surface area (Å²) >= 11 is 0. The van der Waals surface area contributed by atoms with Crippen molar-refractivity contribution >= 4 is 28.8 Å². The molecule has 0 fully saturated rings. The van der Waals surface area contributed by atoms with Gasteiger partial charge in [-0.3, -0.25) is 29.3 Å². The Balaban J connectivity index is 1.65. The summed E-state index contributed by atoms with van der Waals surface area (Å²) in [5, 5.41) is 11.5. The quantitative estimate of drug-likeness (QED) is 0.409. The first-order chi connectivity index (χ1) is 16.9. The number of Topliss-reactive ketones (excluding diaryl/α,β-unsaturated/α-hetero) is 4. The van der Waals surface area contributed by atoms with Crippen molar-refractivity contribution in [2.24, 2.45) is 0 Å². The fourth-order valence-corrected chi connectivity index (χ4v) is 4.87. The fourth-order valence-electron chi connectivity index (χ4n) is 4.87. The number of allylic oxidation sites excluding steroid dienone is 4. The van der Waals surface area contributed by atoms with E-state index in [4.69, 9.17) is 4.74 Å². The number of benzene rings is 3. The standard InChI is InChI=1S/C27H13NO7/c29-22-15-8-1-3-10-17(15)24(31)26-20(22)19(13-6-5-7-14(12-13)28(33)34)21-23(30)16-9-2-4-11-18(16)25(32)27(21)35-26/h1-12,19H. The first kappa shape index (κ1) is 20.6. The summed E-state index contributed by atoms with van der Waals surface area (Å²) in [7, 11) is 0. The van der Waals surface area contributed by atoms with Crippen molar-refractivity contribution in [1.82, 2.24) is 0 Å². The number of hydrogen-bond acceptors (Lipinski definition) is 7. The zero-order valence-electron chi connectivity index (χ0n) is 17.8. The largest absolute Gasteiger partial charge is 0.448 e. The van der Waals surface area contributed by atoms with E-state index in [1.165, 1.54) is 48.5 Å². The lowest BCUT2D eigenvalue weighted by Crippen LogP contribution is -2.36. The predicted molar refractivity (Wildman–Crippen MR) is 121 cm³/mol. The molecule has 0 aromatic heterocycles. The fraction of sp³-hybridized carbons (Fsp3) is 0.0370. The zero-order chi connectivity index (χ0) is 24.4.